The summed E-state index contributed by atoms with van der Waals surface area (Å²) in [6.07, 6.45) is 0. The molecule has 8 heteroatoms. The van der Waals surface area contributed by atoms with Crippen molar-refractivity contribution in [1.82, 2.24) is 5.32 Å². The number of benzene rings is 1. The zero-order valence-electron chi connectivity index (χ0n) is 15.7. The quantitative estimate of drug-likeness (QED) is 0.439. The monoisotopic (exact) mass is 365 g/mol. The van der Waals surface area contributed by atoms with Gasteiger partial charge in [-0.25, -0.2) is 0 Å². The van der Waals surface area contributed by atoms with Gasteiger partial charge in [0.05, 0.1) is 6.61 Å². The molecule has 0 saturated heterocycles. The van der Waals surface area contributed by atoms with E-state index in [1.165, 1.54) is 6.92 Å². The molecule has 0 fully saturated rings. The summed E-state index contributed by atoms with van der Waals surface area (Å²) >= 11 is 0. The van der Waals surface area contributed by atoms with E-state index in [2.05, 4.69) is 10.6 Å². The number of amides is 2. The van der Waals surface area contributed by atoms with Crippen molar-refractivity contribution in [2.24, 2.45) is 5.73 Å². The van der Waals surface area contributed by atoms with Crippen LogP contribution in [-0.4, -0.2) is 43.6 Å². The van der Waals surface area contributed by atoms with Crippen LogP contribution in [-0.2, 0) is 30.5 Å². The molecular weight excluding hydrogens is 338 g/mol. The van der Waals surface area contributed by atoms with Crippen LogP contribution in [0.15, 0.2) is 12.1 Å². The lowest BCUT2D eigenvalue weighted by molar-refractivity contribution is -0.142. The van der Waals surface area contributed by atoms with Crippen LogP contribution in [0.3, 0.4) is 0 Å². The molecule has 1 rings (SSSR count). The lowest BCUT2D eigenvalue weighted by atomic mass is 10.0. The highest BCUT2D eigenvalue weighted by Crippen LogP contribution is 2.23. The lowest BCUT2D eigenvalue weighted by Gasteiger charge is -2.18. The van der Waals surface area contributed by atoms with Crippen molar-refractivity contribution in [3.8, 4) is 0 Å². The third-order valence-corrected chi connectivity index (χ3v) is 3.55. The Morgan fingerprint density at radius 3 is 2.35 bits per heavy atom. The van der Waals surface area contributed by atoms with Crippen LogP contribution in [0.25, 0.3) is 0 Å². The Kier molecular flexibility index (Phi) is 8.74. The maximum Gasteiger partial charge on any atom is 0.302 e. The van der Waals surface area contributed by atoms with Crippen molar-refractivity contribution in [3.63, 3.8) is 0 Å². The van der Waals surface area contributed by atoms with Crippen LogP contribution in [0.5, 0.6) is 0 Å². The third-order valence-electron chi connectivity index (χ3n) is 3.55. The van der Waals surface area contributed by atoms with Gasteiger partial charge in [0.2, 0.25) is 11.8 Å². The maximum atomic E-state index is 12.3. The second kappa shape index (κ2) is 10.5. The van der Waals surface area contributed by atoms with Crippen LogP contribution in [0, 0.1) is 13.8 Å². The van der Waals surface area contributed by atoms with Crippen LogP contribution in [0.1, 0.15) is 30.5 Å². The Labute approximate surface area is 153 Å². The first-order chi connectivity index (χ1) is 12.2. The molecule has 0 bridgehead atoms. The van der Waals surface area contributed by atoms with Crippen molar-refractivity contribution in [2.75, 3.05) is 25.1 Å². The van der Waals surface area contributed by atoms with E-state index < -0.39 is 6.04 Å². The summed E-state index contributed by atoms with van der Waals surface area (Å²) in [5.74, 6) is -1.07. The van der Waals surface area contributed by atoms with Crippen molar-refractivity contribution in [3.05, 3.63) is 28.8 Å². The van der Waals surface area contributed by atoms with Gasteiger partial charge in [-0.1, -0.05) is 12.1 Å². The van der Waals surface area contributed by atoms with E-state index in [4.69, 9.17) is 15.2 Å². The second-order valence-electron chi connectivity index (χ2n) is 6.00. The van der Waals surface area contributed by atoms with Gasteiger partial charge in [-0.15, -0.1) is 0 Å². The number of ether oxygens (including phenoxy) is 2. The average Bonchev–Trinajstić information content (AvgIpc) is 2.56. The first kappa shape index (κ1) is 21.6. The van der Waals surface area contributed by atoms with Gasteiger partial charge in [-0.2, -0.15) is 0 Å². The van der Waals surface area contributed by atoms with Gasteiger partial charge in [-0.05, 0) is 37.5 Å². The van der Waals surface area contributed by atoms with Gasteiger partial charge >= 0.3 is 5.97 Å². The molecule has 26 heavy (non-hydrogen) atoms. The van der Waals surface area contributed by atoms with Gasteiger partial charge < -0.3 is 25.8 Å². The average molecular weight is 365 g/mol. The second-order valence-corrected chi connectivity index (χ2v) is 6.00. The number of carbonyl (C=O) groups is 3. The van der Waals surface area contributed by atoms with Crippen LogP contribution in [0.2, 0.25) is 0 Å². The minimum Gasteiger partial charge on any atom is -0.461 e. The van der Waals surface area contributed by atoms with Crippen molar-refractivity contribution in [2.45, 2.75) is 40.3 Å². The molecule has 0 aliphatic heterocycles. The van der Waals surface area contributed by atoms with E-state index in [0.717, 1.165) is 16.7 Å². The minimum atomic E-state index is -0.719. The molecule has 1 atom stereocenters. The number of carbonyl (C=O) groups excluding carboxylic acids is 3. The summed E-state index contributed by atoms with van der Waals surface area (Å²) in [5, 5.41) is 5.39. The summed E-state index contributed by atoms with van der Waals surface area (Å²) in [5.41, 5.74) is 8.46. The third kappa shape index (κ3) is 7.20. The highest BCUT2D eigenvalue weighted by Gasteiger charge is 2.17. The normalized spacial score (nSPS) is 11.6. The van der Waals surface area contributed by atoms with Gasteiger partial charge in [0.15, 0.2) is 0 Å². The van der Waals surface area contributed by atoms with E-state index in [-0.39, 0.29) is 37.6 Å². The standard InChI is InChI=1S/C18H27N3O5/c1-11-7-15(9-26-14(4)22)8-12(2)17(11)21-18(24)13(3)20-16(23)10-25-6-5-19/h7-8,13H,5-6,9-10,19H2,1-4H3,(H,20,23)(H,21,24). The summed E-state index contributed by atoms with van der Waals surface area (Å²) in [6.45, 7) is 7.30. The Morgan fingerprint density at radius 1 is 1.19 bits per heavy atom. The van der Waals surface area contributed by atoms with Gasteiger partial charge in [0.1, 0.15) is 19.3 Å². The summed E-state index contributed by atoms with van der Waals surface area (Å²) in [6, 6.07) is 2.97. The lowest BCUT2D eigenvalue weighted by Crippen LogP contribution is -2.43. The molecule has 1 unspecified atom stereocenters. The largest absolute Gasteiger partial charge is 0.461 e. The van der Waals surface area contributed by atoms with Crippen LogP contribution in [0.4, 0.5) is 5.69 Å². The van der Waals surface area contributed by atoms with E-state index in [0.29, 0.717) is 12.2 Å². The Bertz CT molecular complexity index is 637. The fraction of sp³-hybridized carbons (Fsp3) is 0.500. The maximum absolute atomic E-state index is 12.3. The van der Waals surface area contributed by atoms with E-state index in [1.54, 1.807) is 6.92 Å². The zero-order valence-corrected chi connectivity index (χ0v) is 15.7. The first-order valence-electron chi connectivity index (χ1n) is 8.36. The minimum absolute atomic E-state index is 0.141. The topological polar surface area (TPSA) is 120 Å². The molecule has 0 aliphatic rings. The number of anilines is 1. The van der Waals surface area contributed by atoms with Crippen LogP contribution >= 0.6 is 0 Å². The van der Waals surface area contributed by atoms with Crippen LogP contribution < -0.4 is 16.4 Å². The molecule has 1 aromatic rings. The molecule has 8 nitrogen and oxygen atoms in total. The van der Waals surface area contributed by atoms with E-state index >= 15 is 0 Å². The Morgan fingerprint density at radius 2 is 1.81 bits per heavy atom. The molecule has 4 N–H and O–H groups in total. The predicted octanol–water partition coefficient (Wildman–Crippen LogP) is 0.785. The SMILES string of the molecule is CC(=O)OCc1cc(C)c(NC(=O)C(C)NC(=O)COCCN)c(C)c1. The van der Waals surface area contributed by atoms with Crippen molar-refractivity contribution >= 4 is 23.5 Å². The molecular formula is C18H27N3O5. The molecule has 2 amide bonds. The van der Waals surface area contributed by atoms with Gasteiger partial charge in [0.25, 0.3) is 0 Å². The first-order valence-corrected chi connectivity index (χ1v) is 8.36. The molecule has 0 saturated carbocycles. The fourth-order valence-electron chi connectivity index (χ4n) is 2.35. The highest BCUT2D eigenvalue weighted by atomic mass is 16.5. The van der Waals surface area contributed by atoms with E-state index in [9.17, 15) is 14.4 Å². The molecule has 1 aromatic carbocycles. The molecule has 0 spiro atoms. The van der Waals surface area contributed by atoms with Gasteiger partial charge in [-0.3, -0.25) is 14.4 Å². The zero-order chi connectivity index (χ0) is 19.7. The summed E-state index contributed by atoms with van der Waals surface area (Å²) in [7, 11) is 0. The van der Waals surface area contributed by atoms with Gasteiger partial charge in [0, 0.05) is 19.2 Å². The summed E-state index contributed by atoms with van der Waals surface area (Å²) in [4.78, 5) is 34.9. The smallest absolute Gasteiger partial charge is 0.302 e. The number of aryl methyl sites for hydroxylation is 2. The number of esters is 1. The fourth-order valence-corrected chi connectivity index (χ4v) is 2.35. The van der Waals surface area contributed by atoms with Crippen molar-refractivity contribution < 1.29 is 23.9 Å². The number of nitrogens with two attached hydrogens (primary N) is 1. The Balaban J connectivity index is 2.67. The number of hydrogen-bond donors (Lipinski definition) is 3. The number of rotatable bonds is 9. The summed E-state index contributed by atoms with van der Waals surface area (Å²) < 4.78 is 10.0. The Hall–Kier alpha value is -2.45. The van der Waals surface area contributed by atoms with E-state index in [1.807, 2.05) is 26.0 Å². The molecule has 0 heterocycles. The molecule has 0 aliphatic carbocycles. The number of hydrogen-bond acceptors (Lipinski definition) is 6. The predicted molar refractivity (Wildman–Crippen MR) is 97.5 cm³/mol. The van der Waals surface area contributed by atoms with Crippen molar-refractivity contribution in [1.29, 1.82) is 0 Å². The molecule has 0 radical (unpaired) electrons. The molecule has 144 valence electrons. The number of nitrogens with one attached hydrogen (secondary N) is 2. The highest BCUT2D eigenvalue weighted by molar-refractivity contribution is 5.98. The molecule has 0 aromatic heterocycles.